The van der Waals surface area contributed by atoms with Crippen molar-refractivity contribution in [2.24, 2.45) is 0 Å². The average Bonchev–Trinajstić information content (AvgIpc) is 2.80. The van der Waals surface area contributed by atoms with Gasteiger partial charge in [0.25, 0.3) is 5.91 Å². The summed E-state index contributed by atoms with van der Waals surface area (Å²) < 4.78 is 38.6. The summed E-state index contributed by atoms with van der Waals surface area (Å²) in [7, 11) is -3.76. The van der Waals surface area contributed by atoms with Crippen molar-refractivity contribution in [3.8, 4) is 5.75 Å². The molecule has 33 heavy (non-hydrogen) atoms. The van der Waals surface area contributed by atoms with Crippen LogP contribution in [0.3, 0.4) is 0 Å². The number of sulfonamides is 1. The summed E-state index contributed by atoms with van der Waals surface area (Å²) in [5.74, 6) is -0.177. The SMILES string of the molecule is CC(C)Oc1ccc(S(=O)(=O)N2CCOCC2)cc1NC(=O)c1cc2ccccc2c(Cl)n1. The van der Waals surface area contributed by atoms with Crippen molar-refractivity contribution in [1.29, 1.82) is 0 Å². The number of morpholine rings is 1. The molecule has 0 saturated carbocycles. The molecule has 0 spiro atoms. The van der Waals surface area contributed by atoms with E-state index in [-0.39, 0.29) is 40.6 Å². The van der Waals surface area contributed by atoms with E-state index in [1.165, 1.54) is 16.4 Å². The largest absolute Gasteiger partial charge is 0.489 e. The molecule has 0 unspecified atom stereocenters. The van der Waals surface area contributed by atoms with Crippen molar-refractivity contribution in [2.45, 2.75) is 24.8 Å². The van der Waals surface area contributed by atoms with Gasteiger partial charge in [0.2, 0.25) is 10.0 Å². The first-order valence-corrected chi connectivity index (χ1v) is 12.3. The van der Waals surface area contributed by atoms with Crippen LogP contribution in [0.2, 0.25) is 5.15 Å². The number of ether oxygens (including phenoxy) is 2. The summed E-state index contributed by atoms with van der Waals surface area (Å²) in [5.41, 5.74) is 0.338. The van der Waals surface area contributed by atoms with E-state index in [0.29, 0.717) is 19.0 Å². The predicted octanol–water partition coefficient (Wildman–Crippen LogP) is 3.95. The normalized spacial score (nSPS) is 15.0. The predicted molar refractivity (Wildman–Crippen MR) is 126 cm³/mol. The number of fused-ring (bicyclic) bond motifs is 1. The van der Waals surface area contributed by atoms with Crippen molar-refractivity contribution in [3.05, 3.63) is 59.4 Å². The number of carbonyl (C=O) groups excluding carboxylic acids is 1. The van der Waals surface area contributed by atoms with E-state index >= 15 is 0 Å². The number of halogens is 1. The van der Waals surface area contributed by atoms with E-state index in [2.05, 4.69) is 10.3 Å². The summed E-state index contributed by atoms with van der Waals surface area (Å²) in [6.07, 6.45) is -0.185. The molecule has 8 nitrogen and oxygen atoms in total. The van der Waals surface area contributed by atoms with Gasteiger partial charge in [-0.2, -0.15) is 4.31 Å². The van der Waals surface area contributed by atoms with Crippen LogP contribution < -0.4 is 10.1 Å². The van der Waals surface area contributed by atoms with Crippen molar-refractivity contribution in [1.82, 2.24) is 9.29 Å². The summed E-state index contributed by atoms with van der Waals surface area (Å²) in [5, 5.41) is 4.46. The van der Waals surface area contributed by atoms with Gasteiger partial charge >= 0.3 is 0 Å². The number of hydrogen-bond donors (Lipinski definition) is 1. The highest BCUT2D eigenvalue weighted by Gasteiger charge is 2.27. The van der Waals surface area contributed by atoms with Crippen molar-refractivity contribution < 1.29 is 22.7 Å². The summed E-state index contributed by atoms with van der Waals surface area (Å²) >= 11 is 6.27. The highest BCUT2D eigenvalue weighted by atomic mass is 35.5. The van der Waals surface area contributed by atoms with Gasteiger partial charge in [-0.15, -0.1) is 0 Å². The van der Waals surface area contributed by atoms with Gasteiger partial charge in [0.15, 0.2) is 0 Å². The topological polar surface area (TPSA) is 97.8 Å². The van der Waals surface area contributed by atoms with E-state index in [4.69, 9.17) is 21.1 Å². The van der Waals surface area contributed by atoms with Gasteiger partial charge in [0, 0.05) is 18.5 Å². The van der Waals surface area contributed by atoms with Crippen LogP contribution >= 0.6 is 11.6 Å². The number of nitrogens with one attached hydrogen (secondary N) is 1. The highest BCUT2D eigenvalue weighted by molar-refractivity contribution is 7.89. The van der Waals surface area contributed by atoms with Gasteiger partial charge < -0.3 is 14.8 Å². The van der Waals surface area contributed by atoms with Crippen LogP contribution in [0.4, 0.5) is 5.69 Å². The van der Waals surface area contributed by atoms with E-state index in [0.717, 1.165) is 10.8 Å². The van der Waals surface area contributed by atoms with Crippen LogP contribution in [0.5, 0.6) is 5.75 Å². The van der Waals surface area contributed by atoms with Crippen LogP contribution in [0.15, 0.2) is 53.4 Å². The third-order valence-electron chi connectivity index (χ3n) is 5.10. The minimum absolute atomic E-state index is 0.0558. The third kappa shape index (κ3) is 5.11. The minimum Gasteiger partial charge on any atom is -0.489 e. The molecule has 1 aliphatic heterocycles. The van der Waals surface area contributed by atoms with Crippen molar-refractivity contribution in [2.75, 3.05) is 31.6 Å². The number of nitrogens with zero attached hydrogens (tertiary/aromatic N) is 2. The number of benzene rings is 2. The Kier molecular flexibility index (Phi) is 6.85. The molecule has 1 N–H and O–H groups in total. The van der Waals surface area contributed by atoms with Crippen molar-refractivity contribution in [3.63, 3.8) is 0 Å². The lowest BCUT2D eigenvalue weighted by Crippen LogP contribution is -2.40. The molecule has 1 fully saturated rings. The van der Waals surface area contributed by atoms with Crippen molar-refractivity contribution >= 4 is 44.0 Å². The molecule has 0 radical (unpaired) electrons. The molecular weight excluding hydrogens is 466 g/mol. The molecule has 1 aromatic heterocycles. The number of rotatable bonds is 6. The molecule has 174 valence electrons. The van der Waals surface area contributed by atoms with E-state index in [1.807, 2.05) is 38.1 Å². The van der Waals surface area contributed by atoms with Crippen LogP contribution in [-0.2, 0) is 14.8 Å². The Morgan fingerprint density at radius 2 is 1.88 bits per heavy atom. The molecule has 1 amide bonds. The Labute approximate surface area is 197 Å². The minimum atomic E-state index is -3.76. The Hall–Kier alpha value is -2.72. The van der Waals surface area contributed by atoms with Crippen LogP contribution in [0.1, 0.15) is 24.3 Å². The molecule has 1 aliphatic rings. The Morgan fingerprint density at radius 3 is 2.61 bits per heavy atom. The molecule has 4 rings (SSSR count). The summed E-state index contributed by atoms with van der Waals surface area (Å²) in [6.45, 7) is 4.91. The average molecular weight is 490 g/mol. The van der Waals surface area contributed by atoms with Gasteiger partial charge in [0.05, 0.1) is 29.9 Å². The smallest absolute Gasteiger partial charge is 0.274 e. The van der Waals surface area contributed by atoms with Crippen LogP contribution in [0, 0.1) is 0 Å². The maximum Gasteiger partial charge on any atom is 0.274 e. The number of carbonyl (C=O) groups is 1. The molecule has 2 heterocycles. The zero-order chi connectivity index (χ0) is 23.6. The fraction of sp³-hybridized carbons (Fsp3) is 0.304. The Balaban J connectivity index is 1.69. The molecule has 0 aliphatic carbocycles. The Bertz CT molecular complexity index is 1290. The zero-order valence-electron chi connectivity index (χ0n) is 18.2. The van der Waals surface area contributed by atoms with Gasteiger partial charge in [-0.25, -0.2) is 13.4 Å². The molecule has 0 bridgehead atoms. The fourth-order valence-electron chi connectivity index (χ4n) is 3.52. The molecule has 2 aromatic carbocycles. The van der Waals surface area contributed by atoms with Crippen LogP contribution in [0.25, 0.3) is 10.8 Å². The number of aromatic nitrogens is 1. The second-order valence-corrected chi connectivity index (χ2v) is 10.1. The maximum absolute atomic E-state index is 13.1. The Morgan fingerprint density at radius 1 is 1.15 bits per heavy atom. The number of amides is 1. The third-order valence-corrected chi connectivity index (χ3v) is 7.28. The number of hydrogen-bond acceptors (Lipinski definition) is 6. The summed E-state index contributed by atoms with van der Waals surface area (Å²) in [4.78, 5) is 17.3. The van der Waals surface area contributed by atoms with E-state index in [9.17, 15) is 13.2 Å². The van der Waals surface area contributed by atoms with Gasteiger partial charge in [0.1, 0.15) is 16.6 Å². The molecular formula is C23H24ClN3O5S. The first-order valence-electron chi connectivity index (χ1n) is 10.5. The molecule has 0 atom stereocenters. The lowest BCUT2D eigenvalue weighted by atomic mass is 10.1. The van der Waals surface area contributed by atoms with Gasteiger partial charge in [-0.05, 0) is 43.5 Å². The van der Waals surface area contributed by atoms with Gasteiger partial charge in [-0.1, -0.05) is 35.9 Å². The molecule has 3 aromatic rings. The standard InChI is InChI=1S/C23H24ClN3O5S/c1-15(2)32-21-8-7-17(33(29,30)27-9-11-31-12-10-27)14-19(21)26-23(28)20-13-16-5-3-4-6-18(16)22(24)25-20/h3-8,13-15H,9-12H2,1-2H3,(H,26,28). The summed E-state index contributed by atoms with van der Waals surface area (Å²) in [6, 6.07) is 13.4. The quantitative estimate of drug-likeness (QED) is 0.526. The lowest BCUT2D eigenvalue weighted by molar-refractivity contribution is 0.0730. The first kappa shape index (κ1) is 23.4. The second-order valence-electron chi connectivity index (χ2n) is 7.81. The first-order chi connectivity index (χ1) is 15.8. The number of pyridine rings is 1. The fourth-order valence-corrected chi connectivity index (χ4v) is 5.22. The van der Waals surface area contributed by atoms with E-state index < -0.39 is 15.9 Å². The molecule has 10 heteroatoms. The van der Waals surface area contributed by atoms with Crippen LogP contribution in [-0.4, -0.2) is 56.0 Å². The van der Waals surface area contributed by atoms with Gasteiger partial charge in [-0.3, -0.25) is 4.79 Å². The number of anilines is 1. The lowest BCUT2D eigenvalue weighted by Gasteiger charge is -2.26. The van der Waals surface area contributed by atoms with E-state index in [1.54, 1.807) is 12.1 Å². The monoisotopic (exact) mass is 489 g/mol. The second kappa shape index (κ2) is 9.64. The maximum atomic E-state index is 13.1. The molecule has 1 saturated heterocycles. The zero-order valence-corrected chi connectivity index (χ0v) is 19.8. The highest BCUT2D eigenvalue weighted by Crippen LogP contribution is 2.31.